The summed E-state index contributed by atoms with van der Waals surface area (Å²) in [7, 11) is 0. The summed E-state index contributed by atoms with van der Waals surface area (Å²) in [6.07, 6.45) is -4.13. The van der Waals surface area contributed by atoms with E-state index in [1.54, 1.807) is 0 Å². The first-order valence-electron chi connectivity index (χ1n) is 7.70. The Bertz CT molecular complexity index is 1050. The molecule has 3 aromatic rings. The van der Waals surface area contributed by atoms with Crippen LogP contribution in [0.25, 0.3) is 5.69 Å². The van der Waals surface area contributed by atoms with Gasteiger partial charge in [0.2, 0.25) is 5.91 Å². The van der Waals surface area contributed by atoms with Crippen molar-refractivity contribution in [1.82, 2.24) is 9.78 Å². The minimum absolute atomic E-state index is 0.0400. The number of hydrogen-bond donors (Lipinski definition) is 1. The van der Waals surface area contributed by atoms with Crippen molar-refractivity contribution in [2.24, 2.45) is 5.73 Å². The van der Waals surface area contributed by atoms with Gasteiger partial charge in [-0.3, -0.25) is 4.79 Å². The van der Waals surface area contributed by atoms with Crippen molar-refractivity contribution in [1.29, 1.82) is 0 Å². The second-order valence-corrected chi connectivity index (χ2v) is 6.01. The molecule has 144 valence electrons. The van der Waals surface area contributed by atoms with Gasteiger partial charge in [-0.1, -0.05) is 17.7 Å². The lowest BCUT2D eigenvalue weighted by Gasteiger charge is -2.12. The van der Waals surface area contributed by atoms with Gasteiger partial charge < -0.3 is 10.5 Å². The van der Waals surface area contributed by atoms with E-state index in [1.807, 2.05) is 0 Å². The van der Waals surface area contributed by atoms with Crippen molar-refractivity contribution in [3.63, 3.8) is 0 Å². The normalized spacial score (nSPS) is 11.3. The highest BCUT2D eigenvalue weighted by molar-refractivity contribution is 6.30. The third-order valence-corrected chi connectivity index (χ3v) is 3.91. The summed E-state index contributed by atoms with van der Waals surface area (Å²) in [4.78, 5) is 23.5. The third kappa shape index (κ3) is 3.99. The zero-order valence-electron chi connectivity index (χ0n) is 13.9. The molecule has 1 aromatic heterocycles. The van der Waals surface area contributed by atoms with Crippen molar-refractivity contribution < 1.29 is 27.5 Å². The number of alkyl halides is 3. The first-order chi connectivity index (χ1) is 13.2. The van der Waals surface area contributed by atoms with Gasteiger partial charge in [-0.15, -0.1) is 0 Å². The predicted molar refractivity (Wildman–Crippen MR) is 93.5 cm³/mol. The van der Waals surface area contributed by atoms with Gasteiger partial charge in [-0.25, -0.2) is 9.48 Å². The zero-order valence-corrected chi connectivity index (χ0v) is 14.7. The first kappa shape index (κ1) is 19.4. The van der Waals surface area contributed by atoms with E-state index in [0.717, 1.165) is 12.3 Å². The first-order valence-corrected chi connectivity index (χ1v) is 8.08. The lowest BCUT2D eigenvalue weighted by atomic mass is 10.2. The van der Waals surface area contributed by atoms with E-state index >= 15 is 0 Å². The van der Waals surface area contributed by atoms with Gasteiger partial charge in [0.05, 0.1) is 11.9 Å². The topological polar surface area (TPSA) is 87.2 Å². The molecular weight excluding hydrogens is 399 g/mol. The number of benzene rings is 2. The van der Waals surface area contributed by atoms with E-state index in [1.165, 1.54) is 42.5 Å². The summed E-state index contributed by atoms with van der Waals surface area (Å²) < 4.78 is 46.4. The van der Waals surface area contributed by atoms with Crippen molar-refractivity contribution in [2.45, 2.75) is 6.18 Å². The molecule has 0 spiro atoms. The van der Waals surface area contributed by atoms with Gasteiger partial charge in [0.15, 0.2) is 5.69 Å². The maximum Gasteiger partial charge on any atom is 0.434 e. The number of nitrogens with zero attached hydrogens (tertiary/aromatic N) is 2. The number of carbonyl (C=O) groups is 2. The van der Waals surface area contributed by atoms with Gasteiger partial charge in [-0.05, 0) is 42.5 Å². The molecule has 1 heterocycles. The van der Waals surface area contributed by atoms with Gasteiger partial charge in [-0.2, -0.15) is 18.3 Å². The number of primary amides is 1. The van der Waals surface area contributed by atoms with Crippen LogP contribution in [0.1, 0.15) is 26.4 Å². The average Bonchev–Trinajstić information content (AvgIpc) is 3.08. The minimum Gasteiger partial charge on any atom is -0.423 e. The number of nitrogens with two attached hydrogens (primary N) is 1. The standard InChI is InChI=1S/C18H11ClF3N3O3/c19-11-4-6-12(7-5-11)25-15(18(20,21)22)14(9-24-25)17(27)28-13-3-1-2-10(8-13)16(23)26/h1-9H,(H2,23,26). The summed E-state index contributed by atoms with van der Waals surface area (Å²) in [6.45, 7) is 0. The van der Waals surface area contributed by atoms with Crippen LogP contribution in [-0.4, -0.2) is 21.7 Å². The highest BCUT2D eigenvalue weighted by Crippen LogP contribution is 2.34. The molecule has 2 N–H and O–H groups in total. The molecular formula is C18H11ClF3N3O3. The Kier molecular flexibility index (Phi) is 5.10. The number of esters is 1. The highest BCUT2D eigenvalue weighted by Gasteiger charge is 2.41. The number of hydrogen-bond acceptors (Lipinski definition) is 4. The van der Waals surface area contributed by atoms with Crippen molar-refractivity contribution in [2.75, 3.05) is 0 Å². The SMILES string of the molecule is NC(=O)c1cccc(OC(=O)c2cnn(-c3ccc(Cl)cc3)c2C(F)(F)F)c1. The molecule has 0 atom stereocenters. The van der Waals surface area contributed by atoms with Crippen LogP contribution in [0.5, 0.6) is 5.75 Å². The van der Waals surface area contributed by atoms with Crippen LogP contribution in [0.2, 0.25) is 5.02 Å². The van der Waals surface area contributed by atoms with E-state index in [2.05, 4.69) is 5.10 Å². The van der Waals surface area contributed by atoms with Gasteiger partial charge in [0, 0.05) is 10.6 Å². The fourth-order valence-corrected chi connectivity index (χ4v) is 2.55. The molecule has 3 rings (SSSR count). The van der Waals surface area contributed by atoms with Crippen LogP contribution < -0.4 is 10.5 Å². The van der Waals surface area contributed by atoms with Crippen molar-refractivity contribution in [3.05, 3.63) is 76.6 Å². The Morgan fingerprint density at radius 2 is 1.79 bits per heavy atom. The molecule has 0 unspecified atom stereocenters. The summed E-state index contributed by atoms with van der Waals surface area (Å²) in [5.41, 5.74) is 3.15. The number of halogens is 4. The lowest BCUT2D eigenvalue weighted by molar-refractivity contribution is -0.143. The van der Waals surface area contributed by atoms with E-state index in [9.17, 15) is 22.8 Å². The molecule has 10 heteroatoms. The maximum atomic E-state index is 13.6. The molecule has 6 nitrogen and oxygen atoms in total. The van der Waals surface area contributed by atoms with Crippen LogP contribution in [0.3, 0.4) is 0 Å². The average molecular weight is 410 g/mol. The lowest BCUT2D eigenvalue weighted by Crippen LogP contribution is -2.19. The number of ether oxygens (including phenoxy) is 1. The van der Waals surface area contributed by atoms with Gasteiger partial charge >= 0.3 is 12.1 Å². The van der Waals surface area contributed by atoms with E-state index in [-0.39, 0.29) is 17.0 Å². The molecule has 0 saturated heterocycles. The summed E-state index contributed by atoms with van der Waals surface area (Å²) in [5.74, 6) is -2.19. The monoisotopic (exact) mass is 409 g/mol. The Morgan fingerprint density at radius 1 is 1.11 bits per heavy atom. The fraction of sp³-hybridized carbons (Fsp3) is 0.0556. The number of aromatic nitrogens is 2. The van der Waals surface area contributed by atoms with Gasteiger partial charge in [0.25, 0.3) is 0 Å². The summed E-state index contributed by atoms with van der Waals surface area (Å²) in [5, 5.41) is 4.00. The molecule has 28 heavy (non-hydrogen) atoms. The number of carbonyl (C=O) groups excluding carboxylic acids is 2. The minimum atomic E-state index is -4.89. The maximum absolute atomic E-state index is 13.6. The second kappa shape index (κ2) is 7.35. The zero-order chi connectivity index (χ0) is 20.5. The van der Waals surface area contributed by atoms with Crippen molar-refractivity contribution >= 4 is 23.5 Å². The Morgan fingerprint density at radius 3 is 2.39 bits per heavy atom. The molecule has 1 amide bonds. The number of amides is 1. The van der Waals surface area contributed by atoms with Crippen LogP contribution in [0.15, 0.2) is 54.7 Å². The molecule has 0 bridgehead atoms. The predicted octanol–water partition coefficient (Wildman–Crippen LogP) is 3.86. The van der Waals surface area contributed by atoms with E-state index in [0.29, 0.717) is 9.70 Å². The largest absolute Gasteiger partial charge is 0.434 e. The molecule has 0 saturated carbocycles. The third-order valence-electron chi connectivity index (χ3n) is 3.66. The molecule has 0 fully saturated rings. The Balaban J connectivity index is 2.00. The fourth-order valence-electron chi connectivity index (χ4n) is 2.42. The molecule has 0 aliphatic carbocycles. The van der Waals surface area contributed by atoms with Crippen LogP contribution in [-0.2, 0) is 6.18 Å². The van der Waals surface area contributed by atoms with E-state index in [4.69, 9.17) is 22.1 Å². The highest BCUT2D eigenvalue weighted by atomic mass is 35.5. The molecule has 0 radical (unpaired) electrons. The van der Waals surface area contributed by atoms with Crippen LogP contribution >= 0.6 is 11.6 Å². The summed E-state index contributed by atoms with van der Waals surface area (Å²) in [6, 6.07) is 10.7. The Labute approximate surface area is 161 Å². The number of rotatable bonds is 4. The molecule has 2 aromatic carbocycles. The van der Waals surface area contributed by atoms with Crippen LogP contribution in [0.4, 0.5) is 13.2 Å². The Hall–Kier alpha value is -3.33. The van der Waals surface area contributed by atoms with Gasteiger partial charge in [0.1, 0.15) is 11.3 Å². The smallest absolute Gasteiger partial charge is 0.423 e. The van der Waals surface area contributed by atoms with Crippen LogP contribution in [0, 0.1) is 0 Å². The molecule has 0 aliphatic heterocycles. The quantitative estimate of drug-likeness (QED) is 0.523. The molecule has 0 aliphatic rings. The van der Waals surface area contributed by atoms with E-state index < -0.39 is 29.3 Å². The van der Waals surface area contributed by atoms with Crippen molar-refractivity contribution in [3.8, 4) is 11.4 Å². The second-order valence-electron chi connectivity index (χ2n) is 5.57. The summed E-state index contributed by atoms with van der Waals surface area (Å²) >= 11 is 5.75.